The standard InChI is InChI=1S/C21H18ClNO2/c1-15-10-11-18(22)13-20(15)23-21(24)17-8-5-9-19(12-17)25-14-16-6-3-2-4-7-16/h2-13H,14H2,1H3,(H,23,24). The lowest BCUT2D eigenvalue weighted by atomic mass is 10.1. The molecule has 25 heavy (non-hydrogen) atoms. The molecule has 0 bridgehead atoms. The predicted molar refractivity (Wildman–Crippen MR) is 101 cm³/mol. The molecular weight excluding hydrogens is 334 g/mol. The maximum atomic E-state index is 12.5. The third-order valence-corrected chi connectivity index (χ3v) is 4.03. The van der Waals surface area contributed by atoms with Crippen molar-refractivity contribution in [3.05, 3.63) is 94.5 Å². The van der Waals surface area contributed by atoms with Crippen molar-refractivity contribution < 1.29 is 9.53 Å². The van der Waals surface area contributed by atoms with Crippen LogP contribution in [0.5, 0.6) is 5.75 Å². The summed E-state index contributed by atoms with van der Waals surface area (Å²) in [7, 11) is 0. The largest absolute Gasteiger partial charge is 0.489 e. The van der Waals surface area contributed by atoms with Gasteiger partial charge < -0.3 is 10.1 Å². The number of amides is 1. The summed E-state index contributed by atoms with van der Waals surface area (Å²) < 4.78 is 5.77. The number of rotatable bonds is 5. The lowest BCUT2D eigenvalue weighted by molar-refractivity contribution is 0.102. The van der Waals surface area contributed by atoms with E-state index in [0.717, 1.165) is 11.1 Å². The lowest BCUT2D eigenvalue weighted by Crippen LogP contribution is -2.12. The summed E-state index contributed by atoms with van der Waals surface area (Å²) in [5.74, 6) is 0.454. The van der Waals surface area contributed by atoms with Crippen molar-refractivity contribution in [2.75, 3.05) is 5.32 Å². The molecule has 0 aliphatic rings. The SMILES string of the molecule is Cc1ccc(Cl)cc1NC(=O)c1cccc(OCc2ccccc2)c1. The number of carbonyl (C=O) groups is 1. The molecule has 3 aromatic rings. The minimum absolute atomic E-state index is 0.199. The Bertz CT molecular complexity index is 878. The number of benzene rings is 3. The summed E-state index contributed by atoms with van der Waals surface area (Å²) in [5, 5.41) is 3.47. The summed E-state index contributed by atoms with van der Waals surface area (Å²) in [4.78, 5) is 12.5. The molecule has 3 aromatic carbocycles. The van der Waals surface area contributed by atoms with Crippen LogP contribution < -0.4 is 10.1 Å². The molecule has 0 saturated heterocycles. The van der Waals surface area contributed by atoms with Gasteiger partial charge in [0.25, 0.3) is 5.91 Å². The monoisotopic (exact) mass is 351 g/mol. The second-order valence-corrected chi connectivity index (χ2v) is 6.15. The quantitative estimate of drug-likeness (QED) is 0.661. The first-order chi connectivity index (χ1) is 12.1. The molecule has 0 saturated carbocycles. The van der Waals surface area contributed by atoms with E-state index in [-0.39, 0.29) is 5.91 Å². The maximum Gasteiger partial charge on any atom is 0.255 e. The van der Waals surface area contributed by atoms with E-state index in [1.54, 1.807) is 30.3 Å². The zero-order valence-electron chi connectivity index (χ0n) is 13.8. The van der Waals surface area contributed by atoms with Gasteiger partial charge in [0, 0.05) is 16.3 Å². The van der Waals surface area contributed by atoms with Crippen LogP contribution in [0.25, 0.3) is 0 Å². The van der Waals surface area contributed by atoms with Crippen LogP contribution in [0.15, 0.2) is 72.8 Å². The van der Waals surface area contributed by atoms with E-state index < -0.39 is 0 Å². The van der Waals surface area contributed by atoms with Crippen molar-refractivity contribution in [1.82, 2.24) is 0 Å². The van der Waals surface area contributed by atoms with E-state index in [1.165, 1.54) is 0 Å². The van der Waals surface area contributed by atoms with E-state index in [9.17, 15) is 4.79 Å². The van der Waals surface area contributed by atoms with Crippen molar-refractivity contribution in [3.8, 4) is 5.75 Å². The molecule has 0 atom stereocenters. The number of nitrogens with one attached hydrogen (secondary N) is 1. The molecule has 3 rings (SSSR count). The van der Waals surface area contributed by atoms with Crippen molar-refractivity contribution >= 4 is 23.2 Å². The minimum atomic E-state index is -0.199. The lowest BCUT2D eigenvalue weighted by Gasteiger charge is -2.11. The first-order valence-electron chi connectivity index (χ1n) is 7.96. The summed E-state index contributed by atoms with van der Waals surface area (Å²) in [5.41, 5.74) is 3.26. The van der Waals surface area contributed by atoms with E-state index in [4.69, 9.17) is 16.3 Å². The Hall–Kier alpha value is -2.78. The second-order valence-electron chi connectivity index (χ2n) is 5.72. The predicted octanol–water partition coefficient (Wildman–Crippen LogP) is 5.48. The van der Waals surface area contributed by atoms with Crippen molar-refractivity contribution in [3.63, 3.8) is 0 Å². The molecule has 0 spiro atoms. The Morgan fingerprint density at radius 3 is 2.60 bits per heavy atom. The van der Waals surface area contributed by atoms with Gasteiger partial charge in [0.05, 0.1) is 0 Å². The smallest absolute Gasteiger partial charge is 0.255 e. The first kappa shape index (κ1) is 17.1. The fourth-order valence-corrected chi connectivity index (χ4v) is 2.56. The number of halogens is 1. The molecule has 3 nitrogen and oxygen atoms in total. The van der Waals surface area contributed by atoms with Crippen LogP contribution in [0.3, 0.4) is 0 Å². The Kier molecular flexibility index (Phi) is 5.36. The molecule has 0 unspecified atom stereocenters. The molecule has 4 heteroatoms. The van der Waals surface area contributed by atoms with Gasteiger partial charge in [-0.3, -0.25) is 4.79 Å². The Labute approximate surface area is 152 Å². The van der Waals surface area contributed by atoms with Gasteiger partial charge >= 0.3 is 0 Å². The number of anilines is 1. The summed E-state index contributed by atoms with van der Waals surface area (Å²) in [6.07, 6.45) is 0. The van der Waals surface area contributed by atoms with E-state index in [2.05, 4.69) is 5.32 Å². The number of hydrogen-bond donors (Lipinski definition) is 1. The van der Waals surface area contributed by atoms with Crippen LogP contribution in [0.2, 0.25) is 5.02 Å². The van der Waals surface area contributed by atoms with Crippen LogP contribution >= 0.6 is 11.6 Å². The maximum absolute atomic E-state index is 12.5. The molecule has 0 aliphatic heterocycles. The zero-order valence-corrected chi connectivity index (χ0v) is 14.6. The van der Waals surface area contributed by atoms with E-state index >= 15 is 0 Å². The Morgan fingerprint density at radius 2 is 1.80 bits per heavy atom. The van der Waals surface area contributed by atoms with Gasteiger partial charge in [-0.1, -0.05) is 54.1 Å². The molecule has 0 heterocycles. The van der Waals surface area contributed by atoms with Gasteiger partial charge in [-0.25, -0.2) is 0 Å². The fourth-order valence-electron chi connectivity index (χ4n) is 2.39. The molecule has 0 fully saturated rings. The average Bonchev–Trinajstić information content (AvgIpc) is 2.64. The van der Waals surface area contributed by atoms with Gasteiger partial charge in [-0.15, -0.1) is 0 Å². The highest BCUT2D eigenvalue weighted by atomic mass is 35.5. The van der Waals surface area contributed by atoms with Crippen LogP contribution in [-0.2, 0) is 6.61 Å². The Morgan fingerprint density at radius 1 is 1.00 bits per heavy atom. The van der Waals surface area contributed by atoms with E-state index in [0.29, 0.717) is 28.6 Å². The normalized spacial score (nSPS) is 10.3. The van der Waals surface area contributed by atoms with Crippen LogP contribution in [0.4, 0.5) is 5.69 Å². The van der Waals surface area contributed by atoms with E-state index in [1.807, 2.05) is 49.4 Å². The van der Waals surface area contributed by atoms with Crippen molar-refractivity contribution in [1.29, 1.82) is 0 Å². The third-order valence-electron chi connectivity index (χ3n) is 3.79. The highest BCUT2D eigenvalue weighted by Crippen LogP contribution is 2.22. The van der Waals surface area contributed by atoms with Gasteiger partial charge in [-0.2, -0.15) is 0 Å². The molecule has 0 radical (unpaired) electrons. The summed E-state index contributed by atoms with van der Waals surface area (Å²) >= 11 is 6.00. The molecule has 1 N–H and O–H groups in total. The molecule has 126 valence electrons. The highest BCUT2D eigenvalue weighted by molar-refractivity contribution is 6.31. The van der Waals surface area contributed by atoms with Gasteiger partial charge in [-0.05, 0) is 48.4 Å². The minimum Gasteiger partial charge on any atom is -0.489 e. The molecule has 0 aliphatic carbocycles. The van der Waals surface area contributed by atoms with Crippen LogP contribution in [-0.4, -0.2) is 5.91 Å². The number of ether oxygens (including phenoxy) is 1. The highest BCUT2D eigenvalue weighted by Gasteiger charge is 2.09. The fraction of sp³-hybridized carbons (Fsp3) is 0.0952. The average molecular weight is 352 g/mol. The number of aryl methyl sites for hydroxylation is 1. The number of hydrogen-bond acceptors (Lipinski definition) is 2. The summed E-state index contributed by atoms with van der Waals surface area (Å²) in [6.45, 7) is 2.38. The third kappa shape index (κ3) is 4.61. The molecule has 1 amide bonds. The topological polar surface area (TPSA) is 38.3 Å². The summed E-state index contributed by atoms with van der Waals surface area (Å²) in [6, 6.07) is 22.4. The van der Waals surface area contributed by atoms with Gasteiger partial charge in [0.15, 0.2) is 0 Å². The zero-order chi connectivity index (χ0) is 17.6. The van der Waals surface area contributed by atoms with Gasteiger partial charge in [0.2, 0.25) is 0 Å². The second kappa shape index (κ2) is 7.86. The van der Waals surface area contributed by atoms with Crippen LogP contribution in [0.1, 0.15) is 21.5 Å². The number of carbonyl (C=O) groups excluding carboxylic acids is 1. The Balaban J connectivity index is 1.70. The van der Waals surface area contributed by atoms with Crippen molar-refractivity contribution in [2.45, 2.75) is 13.5 Å². The van der Waals surface area contributed by atoms with Gasteiger partial charge in [0.1, 0.15) is 12.4 Å². The first-order valence-corrected chi connectivity index (χ1v) is 8.34. The molecular formula is C21H18ClNO2. The van der Waals surface area contributed by atoms with Crippen LogP contribution in [0, 0.1) is 6.92 Å². The van der Waals surface area contributed by atoms with Crippen molar-refractivity contribution in [2.24, 2.45) is 0 Å². The molecule has 0 aromatic heterocycles.